The highest BCUT2D eigenvalue weighted by atomic mass is 16.4. The van der Waals surface area contributed by atoms with Crippen LogP contribution in [0.5, 0.6) is 0 Å². The Labute approximate surface area is 104 Å². The number of nitrogens with zero attached hydrogens (tertiary/aromatic N) is 1. The summed E-state index contributed by atoms with van der Waals surface area (Å²) < 4.78 is 0. The molecule has 2 unspecified atom stereocenters. The lowest BCUT2D eigenvalue weighted by atomic mass is 9.98. The molecule has 4 nitrogen and oxygen atoms in total. The van der Waals surface area contributed by atoms with E-state index in [9.17, 15) is 4.79 Å². The van der Waals surface area contributed by atoms with Crippen molar-refractivity contribution < 1.29 is 9.90 Å². The van der Waals surface area contributed by atoms with Crippen LogP contribution in [-0.4, -0.2) is 48.2 Å². The first-order valence-electron chi connectivity index (χ1n) is 6.80. The van der Waals surface area contributed by atoms with Gasteiger partial charge >= 0.3 is 5.97 Å². The van der Waals surface area contributed by atoms with Crippen LogP contribution in [0.1, 0.15) is 39.5 Å². The first-order valence-corrected chi connectivity index (χ1v) is 6.80. The van der Waals surface area contributed by atoms with Crippen molar-refractivity contribution in [3.05, 3.63) is 0 Å². The lowest BCUT2D eigenvalue weighted by Gasteiger charge is -2.33. The number of rotatable bonds is 7. The zero-order chi connectivity index (χ0) is 12.7. The highest BCUT2D eigenvalue weighted by molar-refractivity contribution is 5.67. The van der Waals surface area contributed by atoms with E-state index in [-0.39, 0.29) is 12.5 Å². The Bertz CT molecular complexity index is 227. The second-order valence-electron chi connectivity index (χ2n) is 5.15. The highest BCUT2D eigenvalue weighted by Gasteiger charge is 2.21. The maximum atomic E-state index is 10.8. The van der Waals surface area contributed by atoms with Gasteiger partial charge in [0.05, 0.1) is 6.42 Å². The minimum atomic E-state index is -0.694. The smallest absolute Gasteiger partial charge is 0.304 e. The predicted molar refractivity (Wildman–Crippen MR) is 69.2 cm³/mol. The molecule has 0 aromatic carbocycles. The van der Waals surface area contributed by atoms with Gasteiger partial charge in [0.2, 0.25) is 0 Å². The van der Waals surface area contributed by atoms with E-state index in [1.165, 1.54) is 12.8 Å². The van der Waals surface area contributed by atoms with E-state index in [1.807, 2.05) is 6.92 Å². The Hall–Kier alpha value is -0.610. The number of carboxylic acid groups (broad SMARTS) is 1. The molecule has 1 fully saturated rings. The van der Waals surface area contributed by atoms with E-state index in [2.05, 4.69) is 17.1 Å². The van der Waals surface area contributed by atoms with Crippen molar-refractivity contribution in [3.63, 3.8) is 0 Å². The SMILES string of the molecule is CCCN(CC1CCCNC1)C(C)CC(=O)O. The predicted octanol–water partition coefficient (Wildman–Crippen LogP) is 1.56. The summed E-state index contributed by atoms with van der Waals surface area (Å²) in [5.74, 6) is -0.00748. The summed E-state index contributed by atoms with van der Waals surface area (Å²) >= 11 is 0. The third kappa shape index (κ3) is 5.50. The molecule has 0 aliphatic carbocycles. The maximum Gasteiger partial charge on any atom is 0.304 e. The second kappa shape index (κ2) is 7.67. The van der Waals surface area contributed by atoms with Crippen LogP contribution in [-0.2, 0) is 4.79 Å². The van der Waals surface area contributed by atoms with Crippen LogP contribution in [0.25, 0.3) is 0 Å². The minimum absolute atomic E-state index is 0.148. The molecule has 2 N–H and O–H groups in total. The van der Waals surface area contributed by atoms with Crippen molar-refractivity contribution in [1.82, 2.24) is 10.2 Å². The lowest BCUT2D eigenvalue weighted by molar-refractivity contribution is -0.138. The van der Waals surface area contributed by atoms with Crippen molar-refractivity contribution in [2.45, 2.75) is 45.6 Å². The van der Waals surface area contributed by atoms with Crippen LogP contribution >= 0.6 is 0 Å². The number of hydrogen-bond acceptors (Lipinski definition) is 3. The molecule has 100 valence electrons. The normalized spacial score (nSPS) is 22.6. The highest BCUT2D eigenvalue weighted by Crippen LogP contribution is 2.15. The Morgan fingerprint density at radius 2 is 2.35 bits per heavy atom. The van der Waals surface area contributed by atoms with Crippen LogP contribution in [0.15, 0.2) is 0 Å². The number of hydrogen-bond donors (Lipinski definition) is 2. The average molecular weight is 242 g/mol. The fourth-order valence-electron chi connectivity index (χ4n) is 2.57. The molecule has 0 radical (unpaired) electrons. The van der Waals surface area contributed by atoms with Gasteiger partial charge in [0.15, 0.2) is 0 Å². The lowest BCUT2D eigenvalue weighted by Crippen LogP contribution is -2.43. The molecule has 0 amide bonds. The molecule has 1 aliphatic rings. The molecule has 1 rings (SSSR count). The number of aliphatic carboxylic acids is 1. The van der Waals surface area contributed by atoms with Gasteiger partial charge < -0.3 is 10.4 Å². The monoisotopic (exact) mass is 242 g/mol. The topological polar surface area (TPSA) is 52.6 Å². The van der Waals surface area contributed by atoms with Crippen molar-refractivity contribution >= 4 is 5.97 Å². The maximum absolute atomic E-state index is 10.8. The summed E-state index contributed by atoms with van der Waals surface area (Å²) in [5, 5.41) is 12.3. The molecule has 1 aliphatic heterocycles. The van der Waals surface area contributed by atoms with Crippen LogP contribution in [0.4, 0.5) is 0 Å². The van der Waals surface area contributed by atoms with Crippen molar-refractivity contribution in [1.29, 1.82) is 0 Å². The molecule has 0 bridgehead atoms. The van der Waals surface area contributed by atoms with Crippen LogP contribution in [0.3, 0.4) is 0 Å². The second-order valence-corrected chi connectivity index (χ2v) is 5.15. The van der Waals surface area contributed by atoms with Crippen LogP contribution in [0.2, 0.25) is 0 Å². The standard InChI is InChI=1S/C13H26N2O2/c1-3-7-15(11(2)8-13(16)17)10-12-5-4-6-14-9-12/h11-12,14H,3-10H2,1-2H3,(H,16,17). The van der Waals surface area contributed by atoms with E-state index >= 15 is 0 Å². The molecule has 0 saturated carbocycles. The fraction of sp³-hybridized carbons (Fsp3) is 0.923. The van der Waals surface area contributed by atoms with E-state index in [0.29, 0.717) is 5.92 Å². The first kappa shape index (κ1) is 14.5. The Morgan fingerprint density at radius 1 is 1.59 bits per heavy atom. The van der Waals surface area contributed by atoms with Gasteiger partial charge in [0, 0.05) is 12.6 Å². The van der Waals surface area contributed by atoms with Gasteiger partial charge in [-0.25, -0.2) is 0 Å². The van der Waals surface area contributed by atoms with E-state index < -0.39 is 5.97 Å². The zero-order valence-corrected chi connectivity index (χ0v) is 11.1. The summed E-state index contributed by atoms with van der Waals surface area (Å²) in [5.41, 5.74) is 0. The van der Waals surface area contributed by atoms with E-state index in [1.54, 1.807) is 0 Å². The first-order chi connectivity index (χ1) is 8.13. The van der Waals surface area contributed by atoms with Gasteiger partial charge in [-0.05, 0) is 51.7 Å². The summed E-state index contributed by atoms with van der Waals surface area (Å²) in [6, 6.07) is 0.148. The van der Waals surface area contributed by atoms with Crippen molar-refractivity contribution in [2.75, 3.05) is 26.2 Å². The zero-order valence-electron chi connectivity index (χ0n) is 11.1. The number of carboxylic acids is 1. The Morgan fingerprint density at radius 3 is 2.88 bits per heavy atom. The molecule has 1 heterocycles. The molecule has 0 aromatic rings. The number of nitrogens with one attached hydrogen (secondary N) is 1. The van der Waals surface area contributed by atoms with Crippen molar-refractivity contribution in [2.24, 2.45) is 5.92 Å². The van der Waals surface area contributed by atoms with E-state index in [4.69, 9.17) is 5.11 Å². The quantitative estimate of drug-likeness (QED) is 0.711. The third-order valence-corrected chi connectivity index (χ3v) is 3.50. The molecular weight excluding hydrogens is 216 g/mol. The molecule has 1 saturated heterocycles. The van der Waals surface area contributed by atoms with Gasteiger partial charge in [-0.3, -0.25) is 9.69 Å². The average Bonchev–Trinajstić information content (AvgIpc) is 2.29. The Kier molecular flexibility index (Phi) is 6.52. The van der Waals surface area contributed by atoms with Crippen LogP contribution < -0.4 is 5.32 Å². The molecular formula is C13H26N2O2. The number of piperidine rings is 1. The molecule has 0 spiro atoms. The van der Waals surface area contributed by atoms with Crippen molar-refractivity contribution in [3.8, 4) is 0 Å². The van der Waals surface area contributed by atoms with E-state index in [0.717, 1.165) is 32.6 Å². The summed E-state index contributed by atoms with van der Waals surface area (Å²) in [4.78, 5) is 13.1. The number of carbonyl (C=O) groups is 1. The van der Waals surface area contributed by atoms with Crippen LogP contribution in [0, 0.1) is 5.92 Å². The summed E-state index contributed by atoms with van der Waals surface area (Å²) in [7, 11) is 0. The molecule has 4 heteroatoms. The van der Waals surface area contributed by atoms with Gasteiger partial charge in [0.1, 0.15) is 0 Å². The van der Waals surface area contributed by atoms with Gasteiger partial charge in [-0.2, -0.15) is 0 Å². The molecule has 2 atom stereocenters. The van der Waals surface area contributed by atoms with Gasteiger partial charge in [0.25, 0.3) is 0 Å². The fourth-order valence-corrected chi connectivity index (χ4v) is 2.57. The van der Waals surface area contributed by atoms with Gasteiger partial charge in [-0.15, -0.1) is 0 Å². The van der Waals surface area contributed by atoms with Gasteiger partial charge in [-0.1, -0.05) is 6.92 Å². The summed E-state index contributed by atoms with van der Waals surface area (Å²) in [6.45, 7) is 8.44. The molecule has 17 heavy (non-hydrogen) atoms. The summed E-state index contributed by atoms with van der Waals surface area (Å²) in [6.07, 6.45) is 3.86. The molecule has 0 aromatic heterocycles. The Balaban J connectivity index is 2.42. The third-order valence-electron chi connectivity index (χ3n) is 3.50. The largest absolute Gasteiger partial charge is 0.481 e. The minimum Gasteiger partial charge on any atom is -0.481 e.